The van der Waals surface area contributed by atoms with Crippen molar-refractivity contribution in [2.24, 2.45) is 4.40 Å². The predicted octanol–water partition coefficient (Wildman–Crippen LogP) is 5.81. The van der Waals surface area contributed by atoms with Gasteiger partial charge in [-0.1, -0.05) is 74.7 Å². The third-order valence-electron chi connectivity index (χ3n) is 5.16. The van der Waals surface area contributed by atoms with E-state index in [2.05, 4.69) is 37.0 Å². The highest BCUT2D eigenvalue weighted by Crippen LogP contribution is 2.22. The summed E-state index contributed by atoms with van der Waals surface area (Å²) in [6, 6.07) is 16.9. The molecule has 0 aliphatic rings. The maximum Gasteiger partial charge on any atom is 0.284 e. The molecule has 0 fully saturated rings. The van der Waals surface area contributed by atoms with Gasteiger partial charge in [0.15, 0.2) is 0 Å². The second-order valence-corrected chi connectivity index (χ2v) is 9.36. The summed E-state index contributed by atoms with van der Waals surface area (Å²) < 4.78 is 30.8. The minimum atomic E-state index is -3.82. The molecule has 2 aromatic rings. The van der Waals surface area contributed by atoms with E-state index >= 15 is 0 Å². The molecule has 0 aliphatic heterocycles. The Labute approximate surface area is 176 Å². The van der Waals surface area contributed by atoms with Crippen LogP contribution in [0.15, 0.2) is 63.9 Å². The quantitative estimate of drug-likeness (QED) is 0.384. The summed E-state index contributed by atoms with van der Waals surface area (Å²) in [7, 11) is -3.82. The summed E-state index contributed by atoms with van der Waals surface area (Å²) in [6.07, 6.45) is 4.02. The maximum absolute atomic E-state index is 13.2. The Morgan fingerprint density at radius 3 is 1.90 bits per heavy atom. The first kappa shape index (κ1) is 23.1. The Morgan fingerprint density at radius 1 is 0.897 bits per heavy atom. The van der Waals surface area contributed by atoms with E-state index in [0.717, 1.165) is 36.8 Å². The second kappa shape index (κ2) is 10.6. The third-order valence-corrected chi connectivity index (χ3v) is 6.45. The molecule has 0 amide bonds. The molecule has 0 aliphatic carbocycles. The molecule has 0 radical (unpaired) electrons. The molecule has 0 bridgehead atoms. The van der Waals surface area contributed by atoms with E-state index in [4.69, 9.17) is 0 Å². The van der Waals surface area contributed by atoms with Crippen molar-refractivity contribution in [3.8, 4) is 0 Å². The number of benzene rings is 2. The first-order valence-corrected chi connectivity index (χ1v) is 12.0. The molecule has 0 saturated carbocycles. The molecule has 0 aromatic heterocycles. The van der Waals surface area contributed by atoms with Crippen LogP contribution in [0.4, 0.5) is 0 Å². The van der Waals surface area contributed by atoms with Crippen molar-refractivity contribution in [3.63, 3.8) is 0 Å². The van der Waals surface area contributed by atoms with E-state index in [1.807, 2.05) is 49.4 Å². The van der Waals surface area contributed by atoms with E-state index in [1.165, 1.54) is 0 Å². The SMILES string of the molecule is CCCC(C)N(/C(=N/S(=O)(=O)c1ccc(C)cc1)c1ccccc1)C(C)CCC. The fraction of sp³-hybridized carbons (Fsp3) is 0.458. The smallest absolute Gasteiger partial charge is 0.284 e. The number of hydrogen-bond acceptors (Lipinski definition) is 2. The third kappa shape index (κ3) is 6.17. The van der Waals surface area contributed by atoms with Crippen LogP contribution >= 0.6 is 0 Å². The Hall–Kier alpha value is -2.14. The first-order chi connectivity index (χ1) is 13.8. The average molecular weight is 415 g/mol. The molecule has 0 N–H and O–H groups in total. The second-order valence-electron chi connectivity index (χ2n) is 7.75. The van der Waals surface area contributed by atoms with Crippen LogP contribution in [0.3, 0.4) is 0 Å². The Kier molecular flexibility index (Phi) is 8.45. The normalized spacial score (nSPS) is 14.4. The van der Waals surface area contributed by atoms with E-state index in [1.54, 1.807) is 12.1 Å². The molecular formula is C24H34N2O2S. The summed E-state index contributed by atoms with van der Waals surface area (Å²) >= 11 is 0. The van der Waals surface area contributed by atoms with Gasteiger partial charge in [-0.3, -0.25) is 0 Å². The minimum Gasteiger partial charge on any atom is -0.350 e. The highest BCUT2D eigenvalue weighted by Gasteiger charge is 2.27. The van der Waals surface area contributed by atoms with Crippen LogP contribution in [0, 0.1) is 6.92 Å². The van der Waals surface area contributed by atoms with Crippen LogP contribution in [-0.4, -0.2) is 31.2 Å². The molecule has 29 heavy (non-hydrogen) atoms. The molecule has 2 aromatic carbocycles. The van der Waals surface area contributed by atoms with Gasteiger partial charge >= 0.3 is 0 Å². The van der Waals surface area contributed by atoms with E-state index in [0.29, 0.717) is 5.84 Å². The number of aryl methyl sites for hydroxylation is 1. The number of sulfonamides is 1. The van der Waals surface area contributed by atoms with Crippen LogP contribution < -0.4 is 0 Å². The molecule has 2 rings (SSSR count). The highest BCUT2D eigenvalue weighted by atomic mass is 32.2. The zero-order valence-electron chi connectivity index (χ0n) is 18.3. The van der Waals surface area contributed by atoms with Crippen molar-refractivity contribution in [2.75, 3.05) is 0 Å². The molecule has 2 atom stereocenters. The van der Waals surface area contributed by atoms with E-state index in [9.17, 15) is 8.42 Å². The number of hydrogen-bond donors (Lipinski definition) is 0. The van der Waals surface area contributed by atoms with Crippen molar-refractivity contribution < 1.29 is 8.42 Å². The molecule has 5 heteroatoms. The fourth-order valence-corrected chi connectivity index (χ4v) is 4.69. The van der Waals surface area contributed by atoms with Crippen LogP contribution in [-0.2, 0) is 10.0 Å². The van der Waals surface area contributed by atoms with Crippen LogP contribution in [0.5, 0.6) is 0 Å². The molecule has 158 valence electrons. The van der Waals surface area contributed by atoms with Crippen molar-refractivity contribution in [3.05, 3.63) is 65.7 Å². The van der Waals surface area contributed by atoms with Gasteiger partial charge in [0.2, 0.25) is 0 Å². The van der Waals surface area contributed by atoms with Crippen LogP contribution in [0.1, 0.15) is 64.5 Å². The maximum atomic E-state index is 13.2. The van der Waals surface area contributed by atoms with Crippen molar-refractivity contribution >= 4 is 15.9 Å². The lowest BCUT2D eigenvalue weighted by molar-refractivity contribution is 0.239. The molecule has 2 unspecified atom stereocenters. The largest absolute Gasteiger partial charge is 0.350 e. The van der Waals surface area contributed by atoms with Crippen LogP contribution in [0.2, 0.25) is 0 Å². The lowest BCUT2D eigenvalue weighted by atomic mass is 10.0. The molecule has 4 nitrogen and oxygen atoms in total. The van der Waals surface area contributed by atoms with Gasteiger partial charge in [0.05, 0.1) is 4.90 Å². The Morgan fingerprint density at radius 2 is 1.41 bits per heavy atom. The summed E-state index contributed by atoms with van der Waals surface area (Å²) in [5, 5.41) is 0. The standard InChI is InChI=1S/C24H34N2O2S/c1-6-11-20(4)26(21(5)12-7-2)24(22-13-9-8-10-14-22)25-29(27,28)23-17-15-19(3)16-18-23/h8-10,13-18,20-21H,6-7,11-12H2,1-5H3/b25-24+. The van der Waals surface area contributed by atoms with Gasteiger partial charge in [-0.2, -0.15) is 8.42 Å². The Balaban J connectivity index is 2.63. The van der Waals surface area contributed by atoms with Gasteiger partial charge < -0.3 is 4.90 Å². The Bertz CT molecular complexity index is 878. The average Bonchev–Trinajstić information content (AvgIpc) is 2.69. The topological polar surface area (TPSA) is 49.7 Å². The van der Waals surface area contributed by atoms with Gasteiger partial charge in [0.1, 0.15) is 5.84 Å². The van der Waals surface area contributed by atoms with Gasteiger partial charge in [0.25, 0.3) is 10.0 Å². The molecular weight excluding hydrogens is 380 g/mol. The molecule has 0 heterocycles. The zero-order valence-corrected chi connectivity index (χ0v) is 19.1. The summed E-state index contributed by atoms with van der Waals surface area (Å²) in [6.45, 7) is 10.6. The van der Waals surface area contributed by atoms with Crippen molar-refractivity contribution in [2.45, 2.75) is 77.3 Å². The van der Waals surface area contributed by atoms with E-state index in [-0.39, 0.29) is 17.0 Å². The van der Waals surface area contributed by atoms with Gasteiger partial charge in [-0.05, 0) is 45.7 Å². The lowest BCUT2D eigenvalue weighted by Crippen LogP contribution is -2.45. The first-order valence-electron chi connectivity index (χ1n) is 10.6. The predicted molar refractivity (Wildman–Crippen MR) is 122 cm³/mol. The summed E-state index contributed by atoms with van der Waals surface area (Å²) in [5.74, 6) is 0.535. The van der Waals surface area contributed by atoms with Crippen molar-refractivity contribution in [1.82, 2.24) is 4.90 Å². The monoisotopic (exact) mass is 414 g/mol. The number of amidine groups is 1. The van der Waals surface area contributed by atoms with Crippen molar-refractivity contribution in [1.29, 1.82) is 0 Å². The van der Waals surface area contributed by atoms with Gasteiger partial charge in [-0.15, -0.1) is 4.40 Å². The number of rotatable bonds is 9. The molecule has 0 saturated heterocycles. The lowest BCUT2D eigenvalue weighted by Gasteiger charge is -2.37. The summed E-state index contributed by atoms with van der Waals surface area (Å²) in [4.78, 5) is 2.43. The van der Waals surface area contributed by atoms with E-state index < -0.39 is 10.0 Å². The zero-order chi connectivity index (χ0) is 21.4. The number of nitrogens with zero attached hydrogens (tertiary/aromatic N) is 2. The van der Waals surface area contributed by atoms with Gasteiger partial charge in [0, 0.05) is 17.6 Å². The minimum absolute atomic E-state index is 0.189. The summed E-state index contributed by atoms with van der Waals surface area (Å²) in [5.41, 5.74) is 1.85. The van der Waals surface area contributed by atoms with Gasteiger partial charge in [-0.25, -0.2) is 0 Å². The highest BCUT2D eigenvalue weighted by molar-refractivity contribution is 7.90. The van der Waals surface area contributed by atoms with Crippen LogP contribution in [0.25, 0.3) is 0 Å². The fourth-order valence-electron chi connectivity index (χ4n) is 3.68. The molecule has 0 spiro atoms.